The molecular weight excluding hydrogens is 286 g/mol. The average molecular weight is 301 g/mol. The van der Waals surface area contributed by atoms with E-state index in [0.717, 1.165) is 48.6 Å². The van der Waals surface area contributed by atoms with Gasteiger partial charge >= 0.3 is 0 Å². The van der Waals surface area contributed by atoms with Crippen LogP contribution in [0.5, 0.6) is 0 Å². The minimum Gasteiger partial charge on any atom is -0.352 e. The molecule has 1 saturated heterocycles. The number of piperazine rings is 1. The van der Waals surface area contributed by atoms with Crippen molar-refractivity contribution in [1.29, 1.82) is 0 Å². The maximum atomic E-state index is 4.54. The van der Waals surface area contributed by atoms with E-state index in [1.165, 1.54) is 0 Å². The van der Waals surface area contributed by atoms with Gasteiger partial charge in [-0.15, -0.1) is 26.2 Å². The zero-order valence-corrected chi connectivity index (χ0v) is 12.5. The maximum absolute atomic E-state index is 4.54. The van der Waals surface area contributed by atoms with Crippen LogP contribution in [0.15, 0.2) is 23.7 Å². The van der Waals surface area contributed by atoms with Crippen molar-refractivity contribution in [2.75, 3.05) is 36.0 Å². The molecule has 1 aliphatic heterocycles. The number of aryl methyl sites for hydroxylation is 1. The van der Waals surface area contributed by atoms with E-state index in [1.807, 2.05) is 30.6 Å². The molecule has 0 amide bonds. The normalized spacial score (nSPS) is 15.9. The highest BCUT2D eigenvalue weighted by molar-refractivity contribution is 7.13. The molecular formula is C13H15N7S. The lowest BCUT2D eigenvalue weighted by molar-refractivity contribution is 0.635. The second-order valence-corrected chi connectivity index (χ2v) is 5.86. The van der Waals surface area contributed by atoms with Crippen molar-refractivity contribution in [2.45, 2.75) is 6.92 Å². The molecule has 0 spiro atoms. The summed E-state index contributed by atoms with van der Waals surface area (Å²) in [5.74, 6) is 1.69. The predicted molar refractivity (Wildman–Crippen MR) is 82.1 cm³/mol. The van der Waals surface area contributed by atoms with E-state index < -0.39 is 0 Å². The summed E-state index contributed by atoms with van der Waals surface area (Å²) in [6, 6.07) is 3.98. The van der Waals surface area contributed by atoms with E-state index >= 15 is 0 Å². The molecule has 0 radical (unpaired) electrons. The highest BCUT2D eigenvalue weighted by Crippen LogP contribution is 2.21. The molecule has 1 aliphatic rings. The van der Waals surface area contributed by atoms with Gasteiger partial charge in [0, 0.05) is 37.8 Å². The first-order valence-corrected chi connectivity index (χ1v) is 7.78. The van der Waals surface area contributed by atoms with Crippen molar-refractivity contribution in [2.24, 2.45) is 0 Å². The molecule has 0 aromatic carbocycles. The summed E-state index contributed by atoms with van der Waals surface area (Å²) in [6.45, 7) is 5.67. The Morgan fingerprint density at radius 1 is 1.05 bits per heavy atom. The van der Waals surface area contributed by atoms with Gasteiger partial charge in [0.15, 0.2) is 16.6 Å². The Bertz CT molecular complexity index is 743. The van der Waals surface area contributed by atoms with Crippen LogP contribution >= 0.6 is 11.3 Å². The summed E-state index contributed by atoms with van der Waals surface area (Å²) in [5, 5.41) is 11.9. The number of nitrogens with zero attached hydrogens (tertiary/aromatic N) is 7. The van der Waals surface area contributed by atoms with Crippen molar-refractivity contribution in [3.8, 4) is 0 Å². The van der Waals surface area contributed by atoms with Crippen LogP contribution in [-0.2, 0) is 0 Å². The summed E-state index contributed by atoms with van der Waals surface area (Å²) in [6.07, 6.45) is 1.86. The molecule has 4 rings (SSSR count). The molecule has 4 heterocycles. The van der Waals surface area contributed by atoms with Crippen LogP contribution in [0.3, 0.4) is 0 Å². The van der Waals surface area contributed by atoms with E-state index in [2.05, 4.69) is 30.0 Å². The SMILES string of the molecule is Cc1nc2ccc(N3CCN(c4nccs4)CC3)nn2n1. The van der Waals surface area contributed by atoms with Gasteiger partial charge in [-0.2, -0.15) is 0 Å². The molecule has 7 nitrogen and oxygen atoms in total. The number of anilines is 2. The fraction of sp³-hybridized carbons (Fsp3) is 0.385. The first-order chi connectivity index (χ1) is 10.3. The summed E-state index contributed by atoms with van der Waals surface area (Å²) in [7, 11) is 0. The van der Waals surface area contributed by atoms with Crippen LogP contribution < -0.4 is 9.80 Å². The van der Waals surface area contributed by atoms with Gasteiger partial charge in [0.05, 0.1) is 0 Å². The second kappa shape index (κ2) is 4.96. The van der Waals surface area contributed by atoms with Gasteiger partial charge in [-0.05, 0) is 19.1 Å². The summed E-state index contributed by atoms with van der Waals surface area (Å²) in [5.41, 5.74) is 0.790. The predicted octanol–water partition coefficient (Wildman–Crippen LogP) is 1.22. The van der Waals surface area contributed by atoms with Crippen molar-refractivity contribution in [1.82, 2.24) is 24.8 Å². The first-order valence-electron chi connectivity index (χ1n) is 6.90. The monoisotopic (exact) mass is 301 g/mol. The number of rotatable bonds is 2. The average Bonchev–Trinajstić information content (AvgIpc) is 3.15. The van der Waals surface area contributed by atoms with E-state index in [1.54, 1.807) is 16.0 Å². The molecule has 3 aromatic heterocycles. The van der Waals surface area contributed by atoms with E-state index in [-0.39, 0.29) is 0 Å². The number of aromatic nitrogens is 5. The molecule has 8 heteroatoms. The Balaban J connectivity index is 1.51. The molecule has 0 saturated carbocycles. The summed E-state index contributed by atoms with van der Waals surface area (Å²) >= 11 is 1.69. The van der Waals surface area contributed by atoms with Gasteiger partial charge in [0.2, 0.25) is 0 Å². The van der Waals surface area contributed by atoms with Gasteiger partial charge < -0.3 is 9.80 Å². The van der Waals surface area contributed by atoms with Crippen LogP contribution in [0.2, 0.25) is 0 Å². The molecule has 0 unspecified atom stereocenters. The fourth-order valence-electron chi connectivity index (χ4n) is 2.55. The Kier molecular flexibility index (Phi) is 2.95. The van der Waals surface area contributed by atoms with Gasteiger partial charge in [-0.25, -0.2) is 9.97 Å². The largest absolute Gasteiger partial charge is 0.352 e. The van der Waals surface area contributed by atoms with Crippen LogP contribution in [-0.4, -0.2) is 51.0 Å². The summed E-state index contributed by atoms with van der Waals surface area (Å²) < 4.78 is 1.61. The van der Waals surface area contributed by atoms with Crippen LogP contribution in [0, 0.1) is 6.92 Å². The van der Waals surface area contributed by atoms with E-state index in [9.17, 15) is 0 Å². The van der Waals surface area contributed by atoms with Crippen molar-refractivity contribution in [3.05, 3.63) is 29.5 Å². The summed E-state index contributed by atoms with van der Waals surface area (Å²) in [4.78, 5) is 13.3. The smallest absolute Gasteiger partial charge is 0.185 e. The third-order valence-corrected chi connectivity index (χ3v) is 4.43. The van der Waals surface area contributed by atoms with Gasteiger partial charge in [0.1, 0.15) is 5.82 Å². The van der Waals surface area contributed by atoms with Gasteiger partial charge in [-0.3, -0.25) is 0 Å². The highest BCUT2D eigenvalue weighted by atomic mass is 32.1. The molecule has 0 bridgehead atoms. The van der Waals surface area contributed by atoms with E-state index in [0.29, 0.717) is 0 Å². The lowest BCUT2D eigenvalue weighted by Crippen LogP contribution is -2.46. The number of fused-ring (bicyclic) bond motifs is 1. The quantitative estimate of drug-likeness (QED) is 0.709. The number of thiazole rings is 1. The molecule has 21 heavy (non-hydrogen) atoms. The number of hydrogen-bond acceptors (Lipinski definition) is 7. The second-order valence-electron chi connectivity index (χ2n) is 4.99. The lowest BCUT2D eigenvalue weighted by atomic mass is 10.3. The standard InChI is InChI=1S/C13H15N7S/c1-10-15-11-2-3-12(17-20(11)16-10)18-5-7-19(8-6-18)13-14-4-9-21-13/h2-4,9H,5-8H2,1H3. The molecule has 1 fully saturated rings. The number of hydrogen-bond donors (Lipinski definition) is 0. The van der Waals surface area contributed by atoms with Crippen LogP contribution in [0.25, 0.3) is 5.65 Å². The Morgan fingerprint density at radius 3 is 2.62 bits per heavy atom. The van der Waals surface area contributed by atoms with Crippen molar-refractivity contribution in [3.63, 3.8) is 0 Å². The lowest BCUT2D eigenvalue weighted by Gasteiger charge is -2.35. The zero-order chi connectivity index (χ0) is 14.2. The molecule has 0 aliphatic carbocycles. The van der Waals surface area contributed by atoms with E-state index in [4.69, 9.17) is 0 Å². The van der Waals surface area contributed by atoms with Crippen LogP contribution in [0.4, 0.5) is 10.9 Å². The highest BCUT2D eigenvalue weighted by Gasteiger charge is 2.20. The van der Waals surface area contributed by atoms with Gasteiger partial charge in [-0.1, -0.05) is 0 Å². The third-order valence-electron chi connectivity index (χ3n) is 3.59. The third kappa shape index (κ3) is 2.31. The fourth-order valence-corrected chi connectivity index (χ4v) is 3.24. The minimum absolute atomic E-state index is 0.744. The molecule has 108 valence electrons. The maximum Gasteiger partial charge on any atom is 0.185 e. The Hall–Kier alpha value is -2.22. The molecule has 0 atom stereocenters. The minimum atomic E-state index is 0.744. The van der Waals surface area contributed by atoms with Gasteiger partial charge in [0.25, 0.3) is 0 Å². The molecule has 3 aromatic rings. The van der Waals surface area contributed by atoms with Crippen molar-refractivity contribution < 1.29 is 0 Å². The van der Waals surface area contributed by atoms with Crippen LogP contribution in [0.1, 0.15) is 5.82 Å². The van der Waals surface area contributed by atoms with Crippen molar-refractivity contribution >= 4 is 27.9 Å². The first kappa shape index (κ1) is 12.5. The Morgan fingerprint density at radius 2 is 1.86 bits per heavy atom. The zero-order valence-electron chi connectivity index (χ0n) is 11.7. The topological polar surface area (TPSA) is 62.5 Å². The Labute approximate surface area is 125 Å². The molecule has 0 N–H and O–H groups in total.